The van der Waals surface area contributed by atoms with Crippen molar-refractivity contribution in [3.63, 3.8) is 0 Å². The highest BCUT2D eigenvalue weighted by molar-refractivity contribution is 7.89. The van der Waals surface area contributed by atoms with Crippen LogP contribution < -0.4 is 14.8 Å². The van der Waals surface area contributed by atoms with E-state index in [-0.39, 0.29) is 40.1 Å². The number of aromatic amines is 2. The topological polar surface area (TPSA) is 125 Å². The summed E-state index contributed by atoms with van der Waals surface area (Å²) in [7, 11) is -3.62. The lowest BCUT2D eigenvalue weighted by Gasteiger charge is -2.20. The average molecular weight is 475 g/mol. The molecule has 2 aromatic heterocycles. The molecule has 0 spiro atoms. The first-order chi connectivity index (χ1) is 15.6. The van der Waals surface area contributed by atoms with E-state index in [0.717, 1.165) is 36.4 Å². The smallest absolute Gasteiger partial charge is 0.241 e. The van der Waals surface area contributed by atoms with Gasteiger partial charge in [0, 0.05) is 35.3 Å². The van der Waals surface area contributed by atoms with Crippen molar-refractivity contribution in [3.05, 3.63) is 47.0 Å². The van der Waals surface area contributed by atoms with E-state index in [1.165, 1.54) is 12.1 Å². The van der Waals surface area contributed by atoms with Crippen molar-refractivity contribution in [1.29, 1.82) is 0 Å². The lowest BCUT2D eigenvalue weighted by atomic mass is 9.89. The fourth-order valence-electron chi connectivity index (χ4n) is 4.50. The number of fused-ring (bicyclic) bond motifs is 1. The number of hydrogen-bond donors (Lipinski definition) is 4. The van der Waals surface area contributed by atoms with Crippen LogP contribution in [-0.2, 0) is 22.0 Å². The fraction of sp³-hybridized carbons (Fsp3) is 0.455. The van der Waals surface area contributed by atoms with Gasteiger partial charge in [-0.25, -0.2) is 22.6 Å². The van der Waals surface area contributed by atoms with Crippen LogP contribution in [-0.4, -0.2) is 34.9 Å². The van der Waals surface area contributed by atoms with Gasteiger partial charge in [0.15, 0.2) is 11.6 Å². The highest BCUT2D eigenvalue weighted by Gasteiger charge is 2.32. The highest BCUT2D eigenvalue weighted by Crippen LogP contribution is 2.38. The summed E-state index contributed by atoms with van der Waals surface area (Å²) in [4.78, 5) is -0.0165. The van der Waals surface area contributed by atoms with E-state index in [4.69, 9.17) is 4.74 Å². The molecule has 1 aliphatic carbocycles. The summed E-state index contributed by atoms with van der Waals surface area (Å²) in [5, 5.41) is 17.4. The molecule has 1 saturated carbocycles. The summed E-state index contributed by atoms with van der Waals surface area (Å²) in [5.41, 5.74) is 2.28. The lowest BCUT2D eigenvalue weighted by Crippen LogP contribution is -2.17. The largest absolute Gasteiger partial charge is 0.474 e. The van der Waals surface area contributed by atoms with Crippen molar-refractivity contribution >= 4 is 21.5 Å². The normalized spacial score (nSPS) is 21.8. The van der Waals surface area contributed by atoms with Crippen LogP contribution in [0.1, 0.15) is 62.8 Å². The van der Waals surface area contributed by atoms with Crippen molar-refractivity contribution in [2.75, 3.05) is 5.32 Å². The Bertz CT molecular complexity index is 1290. The molecule has 11 heteroatoms. The zero-order chi connectivity index (χ0) is 23.4. The summed E-state index contributed by atoms with van der Waals surface area (Å²) in [6.07, 6.45) is 4.58. The number of benzene rings is 1. The van der Waals surface area contributed by atoms with Crippen LogP contribution >= 0.6 is 0 Å². The Morgan fingerprint density at radius 3 is 2.82 bits per heavy atom. The third-order valence-corrected chi connectivity index (χ3v) is 7.80. The fourth-order valence-corrected chi connectivity index (χ4v) is 5.73. The third-order valence-electron chi connectivity index (χ3n) is 6.31. The molecule has 2 aliphatic rings. The molecule has 9 nitrogen and oxygen atoms in total. The molecule has 0 bridgehead atoms. The first-order valence-corrected chi connectivity index (χ1v) is 12.4. The Labute approximate surface area is 191 Å². The van der Waals surface area contributed by atoms with Crippen molar-refractivity contribution in [1.82, 2.24) is 25.1 Å². The second-order valence-electron chi connectivity index (χ2n) is 9.67. The molecular weight excluding hydrogens is 447 g/mol. The van der Waals surface area contributed by atoms with E-state index in [0.29, 0.717) is 5.82 Å². The highest BCUT2D eigenvalue weighted by atomic mass is 32.2. The van der Waals surface area contributed by atoms with Crippen molar-refractivity contribution < 1.29 is 17.5 Å². The standard InChI is InChI=1S/C22H27FN6O3S/c1-22(2,3)15-11-24-29-21(15)32-13-5-4-12(8-13)17-9-19(28-27-17)26-16-6-7-18-14(20(16)23)10-25-33(18,30)31/h6-7,9,11-13,25H,4-5,8,10H2,1-3H3,(H,24,29)(H2,26,27,28). The Morgan fingerprint density at radius 1 is 1.21 bits per heavy atom. The van der Waals surface area contributed by atoms with Crippen LogP contribution in [0.3, 0.4) is 0 Å². The van der Waals surface area contributed by atoms with E-state index in [2.05, 4.69) is 51.2 Å². The molecule has 0 radical (unpaired) electrons. The quantitative estimate of drug-likeness (QED) is 0.446. The molecule has 176 valence electrons. The van der Waals surface area contributed by atoms with Crippen molar-refractivity contribution in [2.45, 2.75) is 68.9 Å². The number of sulfonamides is 1. The van der Waals surface area contributed by atoms with Crippen LogP contribution in [0, 0.1) is 5.82 Å². The van der Waals surface area contributed by atoms with Crippen LogP contribution in [0.4, 0.5) is 15.9 Å². The van der Waals surface area contributed by atoms with Gasteiger partial charge in [-0.3, -0.25) is 5.10 Å². The Balaban J connectivity index is 1.26. The maximum atomic E-state index is 14.8. The van der Waals surface area contributed by atoms with Gasteiger partial charge < -0.3 is 10.1 Å². The summed E-state index contributed by atoms with van der Waals surface area (Å²) >= 11 is 0. The zero-order valence-electron chi connectivity index (χ0n) is 18.7. The molecule has 4 N–H and O–H groups in total. The SMILES string of the molecule is CC(C)(C)c1cn[nH]c1OC1CCC(c2cc(Nc3ccc4c(c3F)CNS4(=O)=O)n[nH]2)C1. The number of rotatable bonds is 5. The van der Waals surface area contributed by atoms with E-state index >= 15 is 0 Å². The van der Waals surface area contributed by atoms with Gasteiger partial charge in [-0.1, -0.05) is 20.8 Å². The number of nitrogens with one attached hydrogen (secondary N) is 4. The third kappa shape index (κ3) is 4.10. The van der Waals surface area contributed by atoms with Gasteiger partial charge in [0.05, 0.1) is 16.8 Å². The molecule has 3 aromatic rings. The number of ether oxygens (including phenoxy) is 1. The predicted octanol–water partition coefficient (Wildman–Crippen LogP) is 3.82. The van der Waals surface area contributed by atoms with Crippen LogP contribution in [0.15, 0.2) is 29.3 Å². The van der Waals surface area contributed by atoms with Crippen molar-refractivity contribution in [2.24, 2.45) is 0 Å². The lowest BCUT2D eigenvalue weighted by molar-refractivity contribution is 0.195. The van der Waals surface area contributed by atoms with Gasteiger partial charge in [-0.05, 0) is 36.8 Å². The Morgan fingerprint density at radius 2 is 2.03 bits per heavy atom. The molecule has 0 amide bonds. The summed E-state index contributed by atoms with van der Waals surface area (Å²) in [5.74, 6) is 0.863. The molecule has 1 aromatic carbocycles. The number of halogens is 1. The van der Waals surface area contributed by atoms with E-state index in [1.807, 2.05) is 12.3 Å². The predicted molar refractivity (Wildman–Crippen MR) is 121 cm³/mol. The molecule has 2 atom stereocenters. The maximum Gasteiger partial charge on any atom is 0.241 e. The summed E-state index contributed by atoms with van der Waals surface area (Å²) in [6.45, 7) is 6.32. The molecule has 2 unspecified atom stereocenters. The monoisotopic (exact) mass is 474 g/mol. The number of H-pyrrole nitrogens is 2. The van der Waals surface area contributed by atoms with Crippen LogP contribution in [0.2, 0.25) is 0 Å². The second-order valence-corrected chi connectivity index (χ2v) is 11.4. The minimum Gasteiger partial charge on any atom is -0.474 e. The number of nitrogens with zero attached hydrogens (tertiary/aromatic N) is 2. The van der Waals surface area contributed by atoms with Crippen LogP contribution in [0.25, 0.3) is 0 Å². The van der Waals surface area contributed by atoms with Gasteiger partial charge in [0.1, 0.15) is 6.10 Å². The van der Waals surface area contributed by atoms with Gasteiger partial charge in [0.25, 0.3) is 0 Å². The summed E-state index contributed by atoms with van der Waals surface area (Å²) < 4.78 is 47.2. The Kier molecular flexibility index (Phi) is 5.20. The van der Waals surface area contributed by atoms with Gasteiger partial charge in [0.2, 0.25) is 15.9 Å². The van der Waals surface area contributed by atoms with E-state index in [9.17, 15) is 12.8 Å². The van der Waals surface area contributed by atoms with Gasteiger partial charge in [-0.2, -0.15) is 10.2 Å². The molecule has 1 fully saturated rings. The van der Waals surface area contributed by atoms with Gasteiger partial charge in [-0.15, -0.1) is 0 Å². The molecule has 0 saturated heterocycles. The zero-order valence-corrected chi connectivity index (χ0v) is 19.5. The molecule has 3 heterocycles. The van der Waals surface area contributed by atoms with Gasteiger partial charge >= 0.3 is 0 Å². The second kappa shape index (κ2) is 7.84. The summed E-state index contributed by atoms with van der Waals surface area (Å²) in [6, 6.07) is 4.69. The van der Waals surface area contributed by atoms with E-state index < -0.39 is 15.8 Å². The van der Waals surface area contributed by atoms with Crippen molar-refractivity contribution in [3.8, 4) is 5.88 Å². The number of anilines is 2. The van der Waals surface area contributed by atoms with Crippen LogP contribution in [0.5, 0.6) is 5.88 Å². The number of hydrogen-bond acceptors (Lipinski definition) is 6. The molecule has 5 rings (SSSR count). The molecule has 1 aliphatic heterocycles. The average Bonchev–Trinajstić information content (AvgIpc) is 3.51. The van der Waals surface area contributed by atoms with E-state index in [1.54, 1.807) is 0 Å². The minimum absolute atomic E-state index is 0.0165. The number of aromatic nitrogens is 4. The molecule has 33 heavy (non-hydrogen) atoms. The Hall–Kier alpha value is -2.92. The first-order valence-electron chi connectivity index (χ1n) is 11.0. The molecular formula is C22H27FN6O3S. The first kappa shape index (κ1) is 21.9. The minimum atomic E-state index is -3.62. The maximum absolute atomic E-state index is 14.8.